The van der Waals surface area contributed by atoms with E-state index in [1.165, 1.54) is 13.8 Å². The van der Waals surface area contributed by atoms with Crippen LogP contribution in [0.4, 0.5) is 27.5 Å². The Morgan fingerprint density at radius 3 is 1.38 bits per heavy atom. The third kappa shape index (κ3) is 7.12. The van der Waals surface area contributed by atoms with Crippen molar-refractivity contribution in [1.82, 2.24) is 9.97 Å². The zero-order valence-corrected chi connectivity index (χ0v) is 35.9. The van der Waals surface area contributed by atoms with E-state index < -0.39 is 18.0 Å². The molecule has 15 heteroatoms. The maximum absolute atomic E-state index is 14.2. The first-order chi connectivity index (χ1) is 31.0. The first-order valence-electron chi connectivity index (χ1n) is 20.5. The number of esters is 2. The van der Waals surface area contributed by atoms with E-state index >= 15 is 0 Å². The fourth-order valence-corrected chi connectivity index (χ4v) is 9.68. The fourth-order valence-electron chi connectivity index (χ4n) is 9.18. The van der Waals surface area contributed by atoms with Crippen LogP contribution in [-0.2, 0) is 9.59 Å². The second-order valence-electron chi connectivity index (χ2n) is 16.0. The molecule has 4 N–H and O–H groups in total. The van der Waals surface area contributed by atoms with Crippen molar-refractivity contribution in [1.29, 1.82) is 0 Å². The van der Waals surface area contributed by atoms with Crippen LogP contribution >= 0.6 is 23.2 Å². The number of hydrogen-bond acceptors (Lipinski definition) is 7. The molecule has 13 nitrogen and oxygen atoms in total. The van der Waals surface area contributed by atoms with E-state index in [2.05, 4.69) is 20.6 Å². The number of hydrogen-bond donors (Lipinski definition) is 4. The number of benzene rings is 6. The molecule has 4 heterocycles. The molecule has 2 aliphatic rings. The van der Waals surface area contributed by atoms with Gasteiger partial charge in [0, 0.05) is 107 Å². The lowest BCUT2D eigenvalue weighted by Gasteiger charge is -2.18. The van der Waals surface area contributed by atoms with E-state index in [1.807, 2.05) is 48.5 Å². The lowest BCUT2D eigenvalue weighted by molar-refractivity contribution is -0.132. The standard InChI is InChI=1S/C49H38Cl2N6O7/c1-25(58)63-43-19-41-45(35-9-5-3-7-33(35)43)29(21-50)23-56(41)47(60)39-17-27-15-31(11-13-37(27)54-39)52-49(62)53-32-12-14-38-28(16-32)18-40(55-38)48(61)57-24-30(22-51)46-36-10-6-4-8-34(36)44(20-42(46)57)64-26(2)59/h3-20,29-30,54-55H,21-24H2,1-2H3,(H2,52,53,62)/t29-,30-/m1/s1. The van der Waals surface area contributed by atoms with Crippen LogP contribution in [0.1, 0.15) is 57.8 Å². The molecule has 0 aliphatic carbocycles. The number of carbonyl (C=O) groups excluding carboxylic acids is 5. The van der Waals surface area contributed by atoms with Gasteiger partial charge in [-0.1, -0.05) is 48.5 Å². The van der Waals surface area contributed by atoms with Crippen LogP contribution in [0.25, 0.3) is 43.4 Å². The molecular weight excluding hydrogens is 855 g/mol. The van der Waals surface area contributed by atoms with Crippen molar-refractivity contribution in [2.45, 2.75) is 25.7 Å². The van der Waals surface area contributed by atoms with Crippen molar-refractivity contribution in [2.75, 3.05) is 45.3 Å². The van der Waals surface area contributed by atoms with Crippen molar-refractivity contribution in [3.05, 3.63) is 132 Å². The molecule has 0 fully saturated rings. The third-order valence-corrected chi connectivity index (χ3v) is 12.6. The minimum absolute atomic E-state index is 0.137. The van der Waals surface area contributed by atoms with Gasteiger partial charge >= 0.3 is 18.0 Å². The second-order valence-corrected chi connectivity index (χ2v) is 16.6. The number of alkyl halides is 2. The number of ether oxygens (including phenoxy) is 2. The topological polar surface area (TPSA) is 166 Å². The molecule has 64 heavy (non-hydrogen) atoms. The summed E-state index contributed by atoms with van der Waals surface area (Å²) in [7, 11) is 0. The number of amides is 4. The second kappa shape index (κ2) is 16.1. The minimum Gasteiger partial charge on any atom is -0.426 e. The Kier molecular flexibility index (Phi) is 10.2. The number of carbonyl (C=O) groups is 5. The van der Waals surface area contributed by atoms with Gasteiger partial charge in [-0.15, -0.1) is 23.2 Å². The largest absolute Gasteiger partial charge is 0.426 e. The van der Waals surface area contributed by atoms with Gasteiger partial charge in [0.2, 0.25) is 0 Å². The Labute approximate surface area is 375 Å². The number of halogens is 2. The maximum Gasteiger partial charge on any atom is 0.323 e. The number of anilines is 4. The van der Waals surface area contributed by atoms with Crippen LogP contribution < -0.4 is 29.9 Å². The summed E-state index contributed by atoms with van der Waals surface area (Å²) in [5, 5.41) is 10.4. The Balaban J connectivity index is 0.854. The van der Waals surface area contributed by atoms with Crippen LogP contribution in [0.5, 0.6) is 11.5 Å². The van der Waals surface area contributed by atoms with E-state index in [0.29, 0.717) is 92.3 Å². The molecule has 0 saturated heterocycles. The molecule has 0 spiro atoms. The van der Waals surface area contributed by atoms with E-state index in [0.717, 1.165) is 32.7 Å². The van der Waals surface area contributed by atoms with E-state index in [-0.39, 0.29) is 23.7 Å². The molecule has 2 aromatic heterocycles. The van der Waals surface area contributed by atoms with E-state index in [9.17, 15) is 24.0 Å². The zero-order valence-electron chi connectivity index (χ0n) is 34.4. The highest BCUT2D eigenvalue weighted by Gasteiger charge is 2.37. The summed E-state index contributed by atoms with van der Waals surface area (Å²) in [6, 6.07) is 32.2. The highest BCUT2D eigenvalue weighted by Crippen LogP contribution is 2.48. The monoisotopic (exact) mass is 892 g/mol. The van der Waals surface area contributed by atoms with Crippen LogP contribution in [0.15, 0.2) is 109 Å². The molecule has 320 valence electrons. The van der Waals surface area contributed by atoms with E-state index in [4.69, 9.17) is 32.7 Å². The highest BCUT2D eigenvalue weighted by atomic mass is 35.5. The zero-order chi connectivity index (χ0) is 44.4. The predicted molar refractivity (Wildman–Crippen MR) is 250 cm³/mol. The van der Waals surface area contributed by atoms with Gasteiger partial charge in [0.1, 0.15) is 22.9 Å². The van der Waals surface area contributed by atoms with Crippen LogP contribution in [0.2, 0.25) is 0 Å². The van der Waals surface area contributed by atoms with Gasteiger partial charge in [-0.3, -0.25) is 19.2 Å². The quantitative estimate of drug-likeness (QED) is 0.0669. The smallest absolute Gasteiger partial charge is 0.323 e. The highest BCUT2D eigenvalue weighted by molar-refractivity contribution is 6.20. The summed E-state index contributed by atoms with van der Waals surface area (Å²) in [4.78, 5) is 75.4. The van der Waals surface area contributed by atoms with Crippen LogP contribution in [0, 0.1) is 0 Å². The molecular formula is C49H38Cl2N6O7. The molecule has 2 atom stereocenters. The summed E-state index contributed by atoms with van der Waals surface area (Å²) in [6.45, 7) is 3.37. The molecule has 0 bridgehead atoms. The summed E-state index contributed by atoms with van der Waals surface area (Å²) < 4.78 is 11.2. The van der Waals surface area contributed by atoms with Gasteiger partial charge in [0.25, 0.3) is 11.8 Å². The first kappa shape index (κ1) is 40.7. The SMILES string of the molecule is CC(=O)Oc1cc2c(c3ccccc13)[C@H](CCl)CN2C(=O)c1cc2cc(NC(=O)Nc3ccc4[nH]c(C(=O)N5C[C@@H](CCl)c6c5cc(OC(C)=O)c5ccccc65)cc4c3)ccc2[nH]1. The lowest BCUT2D eigenvalue weighted by atomic mass is 9.95. The summed E-state index contributed by atoms with van der Waals surface area (Å²) >= 11 is 12.9. The van der Waals surface area contributed by atoms with Gasteiger partial charge in [-0.05, 0) is 70.4 Å². The molecule has 10 rings (SSSR count). The van der Waals surface area contributed by atoms with Gasteiger partial charge in [0.15, 0.2) is 0 Å². The number of fused-ring (bicyclic) bond motifs is 8. The molecule has 4 amide bonds. The van der Waals surface area contributed by atoms with Gasteiger partial charge in [0.05, 0.1) is 11.4 Å². The minimum atomic E-state index is -0.495. The number of aromatic amines is 2. The molecule has 0 radical (unpaired) electrons. The Hall–Kier alpha value is -7.35. The van der Waals surface area contributed by atoms with Crippen molar-refractivity contribution in [3.8, 4) is 11.5 Å². The number of H-pyrrole nitrogens is 2. The van der Waals surface area contributed by atoms with Crippen LogP contribution in [-0.4, -0.2) is 64.6 Å². The fraction of sp³-hybridized carbons (Fsp3) is 0.163. The maximum atomic E-state index is 14.2. The molecule has 6 aromatic carbocycles. The van der Waals surface area contributed by atoms with Gasteiger partial charge in [-0.25, -0.2) is 4.79 Å². The first-order valence-corrected chi connectivity index (χ1v) is 21.6. The van der Waals surface area contributed by atoms with Crippen molar-refractivity contribution >= 4 is 119 Å². The molecule has 2 aliphatic heterocycles. The van der Waals surface area contributed by atoms with Gasteiger partial charge < -0.3 is 39.9 Å². The lowest BCUT2D eigenvalue weighted by Crippen LogP contribution is -2.30. The molecule has 8 aromatic rings. The number of urea groups is 1. The van der Waals surface area contributed by atoms with Crippen molar-refractivity contribution in [3.63, 3.8) is 0 Å². The Morgan fingerprint density at radius 2 is 0.984 bits per heavy atom. The third-order valence-electron chi connectivity index (χ3n) is 11.8. The number of nitrogens with zero attached hydrogens (tertiary/aromatic N) is 2. The summed E-state index contributed by atoms with van der Waals surface area (Å²) in [5.41, 5.74) is 6.17. The predicted octanol–water partition coefficient (Wildman–Crippen LogP) is 10.4. The summed E-state index contributed by atoms with van der Waals surface area (Å²) in [6.07, 6.45) is 0. The Bertz CT molecular complexity index is 3070. The number of aromatic nitrogens is 2. The summed E-state index contributed by atoms with van der Waals surface area (Å²) in [5.74, 6) is -0.446. The average Bonchev–Trinajstić information content (AvgIpc) is 4.08. The van der Waals surface area contributed by atoms with E-state index in [1.54, 1.807) is 70.5 Å². The average molecular weight is 894 g/mol. The number of rotatable bonds is 8. The normalized spacial score (nSPS) is 15.4. The number of nitrogens with one attached hydrogen (secondary N) is 4. The molecule has 0 saturated carbocycles. The van der Waals surface area contributed by atoms with Crippen molar-refractivity contribution in [2.24, 2.45) is 0 Å². The molecule has 0 unspecified atom stereocenters. The van der Waals surface area contributed by atoms with Crippen LogP contribution in [0.3, 0.4) is 0 Å². The van der Waals surface area contributed by atoms with Gasteiger partial charge in [-0.2, -0.15) is 0 Å². The van der Waals surface area contributed by atoms with Crippen molar-refractivity contribution < 1.29 is 33.4 Å². The Morgan fingerprint density at radius 1 is 0.578 bits per heavy atom.